The van der Waals surface area contributed by atoms with Gasteiger partial charge in [-0.2, -0.15) is 4.98 Å². The maximum absolute atomic E-state index is 10.9. The fourth-order valence-electron chi connectivity index (χ4n) is 3.11. The van der Waals surface area contributed by atoms with Crippen LogP contribution in [0.5, 0.6) is 11.6 Å². The second-order valence-electron chi connectivity index (χ2n) is 7.49. The SMILES string of the molecule is CC(C)Oc1ncc(-c2nc(-c3ccc(OC4CC(C(=O)O)C4)cc3Cl)no2)cc1Cl.[K]. The van der Waals surface area contributed by atoms with Gasteiger partial charge in [0.1, 0.15) is 16.9 Å². The van der Waals surface area contributed by atoms with E-state index in [1.165, 1.54) is 0 Å². The van der Waals surface area contributed by atoms with E-state index in [4.69, 9.17) is 42.3 Å². The predicted octanol–water partition coefficient (Wildman–Crippen LogP) is 4.75. The van der Waals surface area contributed by atoms with Crippen molar-refractivity contribution in [2.24, 2.45) is 5.92 Å². The molecular weight excluding hydrogens is 484 g/mol. The van der Waals surface area contributed by atoms with Crippen molar-refractivity contribution in [1.82, 2.24) is 15.1 Å². The molecule has 1 aliphatic rings. The van der Waals surface area contributed by atoms with Crippen molar-refractivity contribution >= 4 is 80.6 Å². The minimum Gasteiger partial charge on any atom is -0.490 e. The van der Waals surface area contributed by atoms with E-state index in [2.05, 4.69) is 15.1 Å². The number of hydrogen-bond acceptors (Lipinski definition) is 7. The predicted molar refractivity (Wildman–Crippen MR) is 119 cm³/mol. The molecule has 0 atom stereocenters. The molecule has 8 nitrogen and oxygen atoms in total. The zero-order valence-electron chi connectivity index (χ0n) is 17.7. The van der Waals surface area contributed by atoms with Gasteiger partial charge in [0.15, 0.2) is 0 Å². The maximum Gasteiger partial charge on any atom is 0.306 e. The van der Waals surface area contributed by atoms with Crippen LogP contribution in [-0.2, 0) is 4.79 Å². The molecule has 0 unspecified atom stereocenters. The van der Waals surface area contributed by atoms with E-state index in [1.54, 1.807) is 30.5 Å². The molecule has 0 spiro atoms. The summed E-state index contributed by atoms with van der Waals surface area (Å²) in [5.74, 6) is 0.306. The van der Waals surface area contributed by atoms with Gasteiger partial charge in [-0.05, 0) is 51.0 Å². The minimum atomic E-state index is -0.792. The summed E-state index contributed by atoms with van der Waals surface area (Å²) in [6.45, 7) is 3.77. The van der Waals surface area contributed by atoms with Crippen molar-refractivity contribution in [3.63, 3.8) is 0 Å². The average molecular weight is 503 g/mol. The van der Waals surface area contributed by atoms with Gasteiger partial charge in [-0.15, -0.1) is 0 Å². The van der Waals surface area contributed by atoms with Crippen molar-refractivity contribution in [2.45, 2.75) is 38.9 Å². The Morgan fingerprint density at radius 3 is 2.59 bits per heavy atom. The van der Waals surface area contributed by atoms with E-state index in [1.807, 2.05) is 13.8 Å². The Labute approximate surface area is 237 Å². The Bertz CT molecular complexity index is 1120. The Morgan fingerprint density at radius 2 is 1.97 bits per heavy atom. The zero-order valence-corrected chi connectivity index (χ0v) is 22.3. The van der Waals surface area contributed by atoms with Gasteiger partial charge >= 0.3 is 5.97 Å². The van der Waals surface area contributed by atoms with Crippen LogP contribution in [0.3, 0.4) is 0 Å². The molecule has 1 N–H and O–H groups in total. The molecule has 2 heterocycles. The molecule has 1 saturated carbocycles. The van der Waals surface area contributed by atoms with Crippen molar-refractivity contribution in [1.29, 1.82) is 0 Å². The van der Waals surface area contributed by atoms with E-state index in [0.29, 0.717) is 51.5 Å². The van der Waals surface area contributed by atoms with Crippen molar-refractivity contribution < 1.29 is 23.9 Å². The smallest absolute Gasteiger partial charge is 0.306 e. The van der Waals surface area contributed by atoms with Crippen molar-refractivity contribution in [3.8, 4) is 34.5 Å². The maximum atomic E-state index is 10.9. The van der Waals surface area contributed by atoms with Gasteiger partial charge in [0.2, 0.25) is 11.7 Å². The second kappa shape index (κ2) is 10.8. The standard InChI is InChI=1S/C21H19Cl2N3O5.K/c1-10(2)29-20-17(23)7-12(9-24-20)19-25-18(26-31-19)15-4-3-13(8-16(15)22)30-14-5-11(6-14)21(27)28;/h3-4,7-11,14H,5-6H2,1-2H3,(H,27,28);. The second-order valence-corrected chi connectivity index (χ2v) is 8.30. The third kappa shape index (κ3) is 5.83. The van der Waals surface area contributed by atoms with Gasteiger partial charge in [0.25, 0.3) is 5.89 Å². The number of rotatable bonds is 7. The molecule has 1 fully saturated rings. The van der Waals surface area contributed by atoms with Crippen LogP contribution in [0, 0.1) is 5.92 Å². The number of aromatic nitrogens is 3. The first-order valence-corrected chi connectivity index (χ1v) is 10.4. The Kier molecular flexibility index (Phi) is 8.59. The molecule has 1 radical (unpaired) electrons. The first kappa shape index (κ1) is 25.4. The van der Waals surface area contributed by atoms with E-state index < -0.39 is 5.97 Å². The van der Waals surface area contributed by atoms with E-state index in [9.17, 15) is 4.79 Å². The number of benzene rings is 1. The molecule has 32 heavy (non-hydrogen) atoms. The molecule has 1 aromatic carbocycles. The van der Waals surface area contributed by atoms with Crippen LogP contribution in [0.15, 0.2) is 35.0 Å². The fraction of sp³-hybridized carbons (Fsp3) is 0.333. The Hall–Kier alpha value is -1.20. The van der Waals surface area contributed by atoms with Gasteiger partial charge in [0, 0.05) is 63.1 Å². The molecule has 0 saturated heterocycles. The average Bonchev–Trinajstić information content (AvgIpc) is 3.15. The summed E-state index contributed by atoms with van der Waals surface area (Å²) in [5, 5.41) is 13.7. The largest absolute Gasteiger partial charge is 0.490 e. The van der Waals surface area contributed by atoms with Gasteiger partial charge in [-0.1, -0.05) is 28.4 Å². The summed E-state index contributed by atoms with van der Waals surface area (Å²) in [5.41, 5.74) is 1.12. The molecule has 4 rings (SSSR count). The number of aliphatic carboxylic acids is 1. The molecule has 0 amide bonds. The third-order valence-electron chi connectivity index (χ3n) is 4.76. The van der Waals surface area contributed by atoms with Gasteiger partial charge in [-0.3, -0.25) is 4.79 Å². The number of halogens is 2. The van der Waals surface area contributed by atoms with Crippen LogP contribution in [0.1, 0.15) is 26.7 Å². The van der Waals surface area contributed by atoms with Crippen LogP contribution in [-0.4, -0.2) is 89.8 Å². The summed E-state index contributed by atoms with van der Waals surface area (Å²) >= 11 is 12.6. The van der Waals surface area contributed by atoms with Gasteiger partial charge in [-0.25, -0.2) is 4.98 Å². The van der Waals surface area contributed by atoms with E-state index in [0.717, 1.165) is 0 Å². The van der Waals surface area contributed by atoms with Crippen LogP contribution in [0.4, 0.5) is 0 Å². The van der Waals surface area contributed by atoms with E-state index >= 15 is 0 Å². The van der Waals surface area contributed by atoms with E-state index in [-0.39, 0.29) is 75.4 Å². The number of pyridine rings is 1. The molecule has 0 aliphatic heterocycles. The number of carboxylic acids is 1. The van der Waals surface area contributed by atoms with Crippen molar-refractivity contribution in [2.75, 3.05) is 0 Å². The summed E-state index contributed by atoms with van der Waals surface area (Å²) in [7, 11) is 0. The Balaban J connectivity index is 0.00000289. The first-order valence-electron chi connectivity index (χ1n) is 9.66. The molecule has 163 valence electrons. The molecule has 3 aromatic rings. The van der Waals surface area contributed by atoms with Crippen LogP contribution < -0.4 is 9.47 Å². The molecule has 2 aromatic heterocycles. The van der Waals surface area contributed by atoms with Gasteiger partial charge in [0.05, 0.1) is 22.6 Å². The summed E-state index contributed by atoms with van der Waals surface area (Å²) in [6.07, 6.45) is 2.34. The van der Waals surface area contributed by atoms with Crippen molar-refractivity contribution in [3.05, 3.63) is 40.5 Å². The number of carboxylic acid groups (broad SMARTS) is 1. The van der Waals surface area contributed by atoms with Crippen LogP contribution in [0.25, 0.3) is 22.8 Å². The normalized spacial score (nSPS) is 17.4. The number of nitrogens with zero attached hydrogens (tertiary/aromatic N) is 3. The monoisotopic (exact) mass is 502 g/mol. The quantitative estimate of drug-likeness (QED) is 0.460. The molecule has 1 aliphatic carbocycles. The number of ether oxygens (including phenoxy) is 2. The third-order valence-corrected chi connectivity index (χ3v) is 5.34. The number of carbonyl (C=O) groups is 1. The topological polar surface area (TPSA) is 108 Å². The molecule has 0 bridgehead atoms. The zero-order chi connectivity index (χ0) is 22.1. The summed E-state index contributed by atoms with van der Waals surface area (Å²) < 4.78 is 16.7. The summed E-state index contributed by atoms with van der Waals surface area (Å²) in [4.78, 5) is 19.5. The minimum absolute atomic E-state index is 0. The van der Waals surface area contributed by atoms with Gasteiger partial charge < -0.3 is 19.1 Å². The number of hydrogen-bond donors (Lipinski definition) is 1. The Morgan fingerprint density at radius 1 is 1.22 bits per heavy atom. The fourth-order valence-corrected chi connectivity index (χ4v) is 3.57. The summed E-state index contributed by atoms with van der Waals surface area (Å²) in [6, 6.07) is 6.76. The van der Waals surface area contributed by atoms with Crippen LogP contribution >= 0.6 is 23.2 Å². The molecular formula is C21H19Cl2KN3O5. The van der Waals surface area contributed by atoms with Crippen LogP contribution in [0.2, 0.25) is 10.0 Å². The first-order chi connectivity index (χ1) is 14.8. The molecule has 11 heteroatoms.